The maximum Gasteiger partial charge on any atom is 0.248 e. The molecule has 1 amide bonds. The number of rotatable bonds is 5. The van der Waals surface area contributed by atoms with Gasteiger partial charge in [0.05, 0.1) is 5.57 Å². The van der Waals surface area contributed by atoms with Gasteiger partial charge in [0.1, 0.15) is 6.04 Å². The summed E-state index contributed by atoms with van der Waals surface area (Å²) >= 11 is 1.56. The van der Waals surface area contributed by atoms with Gasteiger partial charge in [0.2, 0.25) is 17.0 Å². The van der Waals surface area contributed by atoms with Crippen molar-refractivity contribution >= 4 is 23.6 Å². The number of thioether (sulfide) groups is 1. The topological polar surface area (TPSA) is 85.8 Å². The molecular formula is C21H21N5OS. The first-order chi connectivity index (χ1) is 13.5. The number of hydrogen-bond donors (Lipinski definition) is 2. The van der Waals surface area contributed by atoms with Gasteiger partial charge in [-0.05, 0) is 25.0 Å². The molecule has 0 bridgehead atoms. The molecule has 3 aromatic rings. The van der Waals surface area contributed by atoms with Crippen LogP contribution in [-0.2, 0) is 10.5 Å². The third-order valence-electron chi connectivity index (χ3n) is 4.70. The van der Waals surface area contributed by atoms with Gasteiger partial charge >= 0.3 is 0 Å². The average molecular weight is 392 g/mol. The molecule has 0 fully saturated rings. The number of aryl methyl sites for hydroxylation is 1. The summed E-state index contributed by atoms with van der Waals surface area (Å²) in [6, 6.07) is 17.8. The number of nitrogens with two attached hydrogens (primary N) is 1. The van der Waals surface area contributed by atoms with Crippen LogP contribution in [0.3, 0.4) is 0 Å². The van der Waals surface area contributed by atoms with Gasteiger partial charge in [-0.25, -0.2) is 4.68 Å². The first-order valence-corrected chi connectivity index (χ1v) is 9.99. The summed E-state index contributed by atoms with van der Waals surface area (Å²) in [6.07, 6.45) is 0. The highest BCUT2D eigenvalue weighted by Crippen LogP contribution is 2.36. The molecule has 0 spiro atoms. The van der Waals surface area contributed by atoms with Crippen LogP contribution in [0.15, 0.2) is 71.0 Å². The third kappa shape index (κ3) is 3.53. The summed E-state index contributed by atoms with van der Waals surface area (Å²) in [6.45, 7) is 3.87. The van der Waals surface area contributed by atoms with Gasteiger partial charge in [-0.1, -0.05) is 71.9 Å². The van der Waals surface area contributed by atoms with Gasteiger partial charge in [-0.15, -0.1) is 5.10 Å². The Morgan fingerprint density at radius 3 is 2.54 bits per heavy atom. The van der Waals surface area contributed by atoms with Crippen molar-refractivity contribution in [1.29, 1.82) is 0 Å². The van der Waals surface area contributed by atoms with Gasteiger partial charge in [0.25, 0.3) is 0 Å². The maximum atomic E-state index is 12.2. The first-order valence-electron chi connectivity index (χ1n) is 9.00. The van der Waals surface area contributed by atoms with E-state index in [9.17, 15) is 4.79 Å². The minimum atomic E-state index is -0.463. The predicted molar refractivity (Wildman–Crippen MR) is 111 cm³/mol. The molecule has 1 aliphatic heterocycles. The van der Waals surface area contributed by atoms with Crippen LogP contribution in [0.4, 0.5) is 5.95 Å². The molecule has 7 heteroatoms. The minimum absolute atomic E-state index is 0.395. The Morgan fingerprint density at radius 1 is 1.14 bits per heavy atom. The molecule has 0 saturated carbocycles. The summed E-state index contributed by atoms with van der Waals surface area (Å²) in [5.74, 6) is 0.924. The zero-order chi connectivity index (χ0) is 19.7. The van der Waals surface area contributed by atoms with Crippen LogP contribution >= 0.6 is 11.8 Å². The maximum absolute atomic E-state index is 12.2. The number of carbonyl (C=O) groups is 1. The number of carbonyl (C=O) groups excluding carboxylic acids is 1. The predicted octanol–water partition coefficient (Wildman–Crippen LogP) is 3.65. The standard InChI is InChI=1S/C21H21N5OS/c1-13-8-10-16(11-9-13)18-17(19(22)27)14(2)23-20-24-21(25-26(18)20)28-12-15-6-4-3-5-7-15/h3-11,18H,12H2,1-2H3,(H2,22,27)(H,23,24,25)/t18-/m1/s1. The van der Waals surface area contributed by atoms with Crippen LogP contribution in [0.5, 0.6) is 0 Å². The Morgan fingerprint density at radius 2 is 1.86 bits per heavy atom. The molecule has 3 N–H and O–H groups in total. The number of nitrogens with zero attached hydrogens (tertiary/aromatic N) is 3. The van der Waals surface area contributed by atoms with Crippen molar-refractivity contribution in [2.24, 2.45) is 5.73 Å². The molecule has 4 rings (SSSR count). The number of anilines is 1. The Balaban J connectivity index is 1.69. The van der Waals surface area contributed by atoms with Crippen LogP contribution < -0.4 is 11.1 Å². The smallest absolute Gasteiger partial charge is 0.248 e. The monoisotopic (exact) mass is 391 g/mol. The number of hydrogen-bond acceptors (Lipinski definition) is 5. The molecule has 1 atom stereocenters. The molecular weight excluding hydrogens is 370 g/mol. The number of allylic oxidation sites excluding steroid dienone is 1. The molecule has 0 saturated heterocycles. The number of aromatic nitrogens is 3. The fourth-order valence-corrected chi connectivity index (χ4v) is 4.08. The number of benzene rings is 2. The van der Waals surface area contributed by atoms with E-state index in [4.69, 9.17) is 5.73 Å². The minimum Gasteiger partial charge on any atom is -0.366 e. The summed E-state index contributed by atoms with van der Waals surface area (Å²) in [5.41, 5.74) is 10.2. The van der Waals surface area contributed by atoms with Crippen molar-refractivity contribution < 1.29 is 4.79 Å². The second kappa shape index (κ2) is 7.52. The molecule has 6 nitrogen and oxygen atoms in total. The highest BCUT2D eigenvalue weighted by atomic mass is 32.2. The lowest BCUT2D eigenvalue weighted by Gasteiger charge is -2.27. The molecule has 2 aromatic carbocycles. The van der Waals surface area contributed by atoms with Crippen LogP contribution in [0.1, 0.15) is 29.7 Å². The summed E-state index contributed by atoms with van der Waals surface area (Å²) in [5, 5.41) is 8.51. The lowest BCUT2D eigenvalue weighted by atomic mass is 9.95. The van der Waals surface area contributed by atoms with Gasteiger partial charge in [-0.2, -0.15) is 4.98 Å². The zero-order valence-electron chi connectivity index (χ0n) is 15.7. The van der Waals surface area contributed by atoms with E-state index in [-0.39, 0.29) is 0 Å². The van der Waals surface area contributed by atoms with Crippen molar-refractivity contribution in [3.05, 3.63) is 82.6 Å². The quantitative estimate of drug-likeness (QED) is 0.649. The third-order valence-corrected chi connectivity index (χ3v) is 5.61. The molecule has 0 unspecified atom stereocenters. The molecule has 1 aromatic heterocycles. The van der Waals surface area contributed by atoms with E-state index < -0.39 is 11.9 Å². The lowest BCUT2D eigenvalue weighted by Crippen LogP contribution is -2.31. The van der Waals surface area contributed by atoms with E-state index in [0.29, 0.717) is 22.4 Å². The number of primary amides is 1. The SMILES string of the molecule is CC1=C(C(N)=O)[C@@H](c2ccc(C)cc2)n2nc(SCc3ccccc3)nc2N1. The molecule has 0 aliphatic carbocycles. The van der Waals surface area contributed by atoms with Gasteiger partial charge in [0, 0.05) is 11.4 Å². The van der Waals surface area contributed by atoms with E-state index in [2.05, 4.69) is 27.5 Å². The van der Waals surface area contributed by atoms with E-state index in [1.165, 1.54) is 5.56 Å². The molecule has 28 heavy (non-hydrogen) atoms. The van der Waals surface area contributed by atoms with Crippen molar-refractivity contribution in [3.8, 4) is 0 Å². The molecule has 142 valence electrons. The average Bonchev–Trinajstić information content (AvgIpc) is 3.09. The Hall–Kier alpha value is -3.06. The van der Waals surface area contributed by atoms with Crippen LogP contribution in [-0.4, -0.2) is 20.7 Å². The summed E-state index contributed by atoms with van der Waals surface area (Å²) in [4.78, 5) is 16.8. The van der Waals surface area contributed by atoms with E-state index in [0.717, 1.165) is 16.9 Å². The van der Waals surface area contributed by atoms with E-state index in [1.807, 2.05) is 56.3 Å². The number of amides is 1. The zero-order valence-corrected chi connectivity index (χ0v) is 16.5. The Kier molecular flexibility index (Phi) is 4.92. The van der Waals surface area contributed by atoms with Gasteiger partial charge in [-0.3, -0.25) is 4.79 Å². The normalized spacial score (nSPS) is 15.9. The first kappa shape index (κ1) is 18.3. The fraction of sp³-hybridized carbons (Fsp3) is 0.190. The van der Waals surface area contributed by atoms with Crippen molar-refractivity contribution in [1.82, 2.24) is 14.8 Å². The Bertz CT molecular complexity index is 1040. The van der Waals surface area contributed by atoms with Crippen molar-refractivity contribution in [2.75, 3.05) is 5.32 Å². The van der Waals surface area contributed by atoms with Crippen LogP contribution in [0.25, 0.3) is 0 Å². The van der Waals surface area contributed by atoms with Crippen molar-refractivity contribution in [2.45, 2.75) is 30.8 Å². The molecule has 1 aliphatic rings. The number of nitrogens with one attached hydrogen (secondary N) is 1. The number of fused-ring (bicyclic) bond motifs is 1. The molecule has 2 heterocycles. The van der Waals surface area contributed by atoms with Crippen LogP contribution in [0, 0.1) is 6.92 Å². The summed E-state index contributed by atoms with van der Waals surface area (Å²) < 4.78 is 1.76. The van der Waals surface area contributed by atoms with E-state index in [1.54, 1.807) is 16.4 Å². The molecule has 0 radical (unpaired) electrons. The second-order valence-electron chi connectivity index (χ2n) is 6.78. The van der Waals surface area contributed by atoms with Crippen LogP contribution in [0.2, 0.25) is 0 Å². The highest BCUT2D eigenvalue weighted by Gasteiger charge is 2.33. The summed E-state index contributed by atoms with van der Waals surface area (Å²) in [7, 11) is 0. The van der Waals surface area contributed by atoms with Gasteiger partial charge in [0.15, 0.2) is 0 Å². The Labute approximate surface area is 167 Å². The van der Waals surface area contributed by atoms with Gasteiger partial charge < -0.3 is 11.1 Å². The van der Waals surface area contributed by atoms with Crippen molar-refractivity contribution in [3.63, 3.8) is 0 Å². The fourth-order valence-electron chi connectivity index (χ4n) is 3.29. The van der Waals surface area contributed by atoms with E-state index >= 15 is 0 Å². The second-order valence-corrected chi connectivity index (χ2v) is 7.72. The highest BCUT2D eigenvalue weighted by molar-refractivity contribution is 7.98. The largest absolute Gasteiger partial charge is 0.366 e. The lowest BCUT2D eigenvalue weighted by molar-refractivity contribution is -0.115.